The van der Waals surface area contributed by atoms with E-state index in [9.17, 15) is 13.6 Å². The summed E-state index contributed by atoms with van der Waals surface area (Å²) in [6, 6.07) is 5.40. The third-order valence-corrected chi connectivity index (χ3v) is 5.08. The minimum Gasteiger partial charge on any atom is -0.466 e. The monoisotopic (exact) mass is 400 g/mol. The summed E-state index contributed by atoms with van der Waals surface area (Å²) < 4.78 is 34.6. The summed E-state index contributed by atoms with van der Waals surface area (Å²) in [7, 11) is 1.77. The van der Waals surface area contributed by atoms with E-state index >= 15 is 0 Å². The van der Waals surface area contributed by atoms with Crippen LogP contribution in [0.1, 0.15) is 29.7 Å². The molecule has 0 radical (unpaired) electrons. The molecule has 1 saturated carbocycles. The Morgan fingerprint density at radius 3 is 2.72 bits per heavy atom. The highest BCUT2D eigenvalue weighted by atomic mass is 19.1. The summed E-state index contributed by atoms with van der Waals surface area (Å²) in [6.07, 6.45) is 1.73. The first-order valence-electron chi connectivity index (χ1n) is 9.50. The van der Waals surface area contributed by atoms with Gasteiger partial charge < -0.3 is 9.64 Å². The molecule has 2 heterocycles. The zero-order valence-corrected chi connectivity index (χ0v) is 16.6. The fraction of sp³-hybridized carbons (Fsp3) is 0.381. The zero-order valence-electron chi connectivity index (χ0n) is 16.6. The molecule has 0 N–H and O–H groups in total. The third kappa shape index (κ3) is 3.92. The number of aromatic nitrogens is 3. The van der Waals surface area contributed by atoms with Crippen molar-refractivity contribution in [3.05, 3.63) is 52.7 Å². The molecule has 0 saturated heterocycles. The SMILES string of the molecule is Cc1cc(C)c2c(OCC(=O)N(Cc3ccc(F)cc3F)C3CC3)nn(C)c2n1. The second-order valence-electron chi connectivity index (χ2n) is 7.49. The average molecular weight is 400 g/mol. The lowest BCUT2D eigenvalue weighted by atomic mass is 10.2. The van der Waals surface area contributed by atoms with Crippen LogP contribution in [0.2, 0.25) is 0 Å². The van der Waals surface area contributed by atoms with E-state index in [-0.39, 0.29) is 30.7 Å². The number of benzene rings is 1. The van der Waals surface area contributed by atoms with Gasteiger partial charge in [-0.15, -0.1) is 5.10 Å². The number of aryl methyl sites for hydroxylation is 3. The normalized spacial score (nSPS) is 13.7. The maximum Gasteiger partial charge on any atom is 0.261 e. The number of nitrogens with zero attached hydrogens (tertiary/aromatic N) is 4. The number of fused-ring (bicyclic) bond motifs is 1. The maximum atomic E-state index is 14.0. The predicted molar refractivity (Wildman–Crippen MR) is 103 cm³/mol. The van der Waals surface area contributed by atoms with Crippen LogP contribution in [0.15, 0.2) is 24.3 Å². The minimum atomic E-state index is -0.655. The first kappa shape index (κ1) is 19.3. The fourth-order valence-electron chi connectivity index (χ4n) is 3.50. The Bertz CT molecular complexity index is 1090. The molecule has 0 unspecified atom stereocenters. The summed E-state index contributed by atoms with van der Waals surface area (Å²) in [4.78, 5) is 18.9. The van der Waals surface area contributed by atoms with Gasteiger partial charge >= 0.3 is 0 Å². The Labute approximate surface area is 167 Å². The molecular formula is C21H22F2N4O2. The van der Waals surface area contributed by atoms with Gasteiger partial charge in [0.05, 0.1) is 5.39 Å². The zero-order chi connectivity index (χ0) is 20.7. The lowest BCUT2D eigenvalue weighted by Crippen LogP contribution is -2.36. The predicted octanol–water partition coefficient (Wildman–Crippen LogP) is 3.43. The third-order valence-electron chi connectivity index (χ3n) is 5.08. The Balaban J connectivity index is 1.51. The number of rotatable bonds is 6. The molecule has 0 aliphatic heterocycles. The van der Waals surface area contributed by atoms with Crippen LogP contribution >= 0.6 is 0 Å². The van der Waals surface area contributed by atoms with Gasteiger partial charge in [0.15, 0.2) is 12.3 Å². The Hall–Kier alpha value is -3.03. The van der Waals surface area contributed by atoms with Crippen LogP contribution in [0.4, 0.5) is 8.78 Å². The van der Waals surface area contributed by atoms with Crippen LogP contribution in [0.5, 0.6) is 5.88 Å². The van der Waals surface area contributed by atoms with Crippen LogP contribution in [0.25, 0.3) is 11.0 Å². The summed E-state index contributed by atoms with van der Waals surface area (Å²) in [5.41, 5.74) is 2.82. The fourth-order valence-corrected chi connectivity index (χ4v) is 3.50. The number of amides is 1. The van der Waals surface area contributed by atoms with E-state index in [1.165, 1.54) is 12.1 Å². The highest BCUT2D eigenvalue weighted by Gasteiger charge is 2.33. The van der Waals surface area contributed by atoms with Crippen molar-refractivity contribution in [2.24, 2.45) is 7.05 Å². The molecule has 6 nitrogen and oxygen atoms in total. The molecule has 1 aliphatic rings. The van der Waals surface area contributed by atoms with E-state index in [0.717, 1.165) is 35.6 Å². The van der Waals surface area contributed by atoms with Crippen LogP contribution in [0.3, 0.4) is 0 Å². The molecule has 3 aromatic rings. The molecule has 1 aliphatic carbocycles. The number of ether oxygens (including phenoxy) is 1. The van der Waals surface area contributed by atoms with Crippen LogP contribution in [-0.2, 0) is 18.4 Å². The van der Waals surface area contributed by atoms with Crippen molar-refractivity contribution in [3.63, 3.8) is 0 Å². The molecule has 1 aromatic carbocycles. The summed E-state index contributed by atoms with van der Waals surface area (Å²) in [6.45, 7) is 3.73. The molecule has 0 spiro atoms. The van der Waals surface area contributed by atoms with Gasteiger partial charge in [0.25, 0.3) is 5.91 Å². The van der Waals surface area contributed by atoms with Gasteiger partial charge in [-0.2, -0.15) is 0 Å². The van der Waals surface area contributed by atoms with E-state index in [0.29, 0.717) is 11.5 Å². The highest BCUT2D eigenvalue weighted by molar-refractivity contribution is 5.86. The second kappa shape index (κ2) is 7.42. The molecule has 1 fully saturated rings. The van der Waals surface area contributed by atoms with E-state index in [4.69, 9.17) is 4.74 Å². The molecule has 0 bridgehead atoms. The summed E-state index contributed by atoms with van der Waals surface area (Å²) in [5.74, 6) is -1.20. The quantitative estimate of drug-likeness (QED) is 0.636. The van der Waals surface area contributed by atoms with Gasteiger partial charge in [-0.1, -0.05) is 6.07 Å². The van der Waals surface area contributed by atoms with Gasteiger partial charge in [0.1, 0.15) is 11.6 Å². The molecular weight excluding hydrogens is 378 g/mol. The molecule has 152 valence electrons. The lowest BCUT2D eigenvalue weighted by molar-refractivity contribution is -0.134. The van der Waals surface area contributed by atoms with Gasteiger partial charge in [-0.25, -0.2) is 18.4 Å². The summed E-state index contributed by atoms with van der Waals surface area (Å²) in [5, 5.41) is 5.12. The Morgan fingerprint density at radius 1 is 1.28 bits per heavy atom. The lowest BCUT2D eigenvalue weighted by Gasteiger charge is -2.22. The van der Waals surface area contributed by atoms with Crippen LogP contribution in [0, 0.1) is 25.5 Å². The van der Waals surface area contributed by atoms with Crippen molar-refractivity contribution in [2.45, 2.75) is 39.3 Å². The van der Waals surface area contributed by atoms with E-state index in [1.807, 2.05) is 19.9 Å². The van der Waals surface area contributed by atoms with Crippen LogP contribution in [-0.4, -0.2) is 38.2 Å². The maximum absolute atomic E-state index is 14.0. The number of halogens is 2. The number of carbonyl (C=O) groups is 1. The molecule has 8 heteroatoms. The molecule has 1 amide bonds. The molecule has 2 aromatic heterocycles. The van der Waals surface area contributed by atoms with Crippen molar-refractivity contribution in [1.29, 1.82) is 0 Å². The van der Waals surface area contributed by atoms with Gasteiger partial charge in [-0.05, 0) is 44.4 Å². The topological polar surface area (TPSA) is 60.2 Å². The molecule has 4 rings (SSSR count). The number of pyridine rings is 1. The second-order valence-corrected chi connectivity index (χ2v) is 7.49. The van der Waals surface area contributed by atoms with E-state index < -0.39 is 11.6 Å². The van der Waals surface area contributed by atoms with Gasteiger partial charge in [0, 0.05) is 37.0 Å². The standard InChI is InChI=1S/C21H22F2N4O2/c1-12-8-13(2)24-20-19(12)21(25-26(20)3)29-11-18(28)27(16-6-7-16)10-14-4-5-15(22)9-17(14)23/h4-5,8-9,16H,6-7,10-11H2,1-3H3. The van der Waals surface area contributed by atoms with Gasteiger partial charge in [-0.3, -0.25) is 4.79 Å². The van der Waals surface area contributed by atoms with Gasteiger partial charge in [0.2, 0.25) is 5.88 Å². The Kier molecular flexibility index (Phi) is 4.94. The molecule has 0 atom stereocenters. The smallest absolute Gasteiger partial charge is 0.261 e. The summed E-state index contributed by atoms with van der Waals surface area (Å²) >= 11 is 0. The van der Waals surface area contributed by atoms with Crippen molar-refractivity contribution in [2.75, 3.05) is 6.61 Å². The van der Waals surface area contributed by atoms with Crippen molar-refractivity contribution >= 4 is 16.9 Å². The van der Waals surface area contributed by atoms with E-state index in [1.54, 1.807) is 16.6 Å². The van der Waals surface area contributed by atoms with Crippen molar-refractivity contribution < 1.29 is 18.3 Å². The van der Waals surface area contributed by atoms with Crippen molar-refractivity contribution in [1.82, 2.24) is 19.7 Å². The molecule has 29 heavy (non-hydrogen) atoms. The number of hydrogen-bond acceptors (Lipinski definition) is 4. The number of hydrogen-bond donors (Lipinski definition) is 0. The minimum absolute atomic E-state index is 0.0575. The first-order valence-corrected chi connectivity index (χ1v) is 9.50. The van der Waals surface area contributed by atoms with Crippen molar-refractivity contribution in [3.8, 4) is 5.88 Å². The Morgan fingerprint density at radius 2 is 2.03 bits per heavy atom. The first-order chi connectivity index (χ1) is 13.8. The van der Waals surface area contributed by atoms with Crippen LogP contribution < -0.4 is 4.74 Å². The average Bonchev–Trinajstić information content (AvgIpc) is 3.44. The van der Waals surface area contributed by atoms with E-state index in [2.05, 4.69) is 10.1 Å². The highest BCUT2D eigenvalue weighted by Crippen LogP contribution is 2.30. The number of carbonyl (C=O) groups excluding carboxylic acids is 1. The largest absolute Gasteiger partial charge is 0.466 e.